The first-order valence-electron chi connectivity index (χ1n) is 7.58. The highest BCUT2D eigenvalue weighted by Gasteiger charge is 2.14. The molecule has 5 nitrogen and oxygen atoms in total. The number of nitriles is 1. The van der Waals surface area contributed by atoms with Crippen LogP contribution in [-0.4, -0.2) is 15.9 Å². The third-order valence-electron chi connectivity index (χ3n) is 3.80. The van der Waals surface area contributed by atoms with Crippen LogP contribution >= 0.6 is 0 Å². The zero-order chi connectivity index (χ0) is 16.9. The molecular formula is C19H16N4O. The molecule has 0 spiro atoms. The number of aromatic nitrogens is 2. The summed E-state index contributed by atoms with van der Waals surface area (Å²) in [6.07, 6.45) is 5.00. The summed E-state index contributed by atoms with van der Waals surface area (Å²) in [6, 6.07) is 15.1. The van der Waals surface area contributed by atoms with Gasteiger partial charge in [0.05, 0.1) is 6.04 Å². The van der Waals surface area contributed by atoms with Crippen molar-refractivity contribution in [2.75, 3.05) is 0 Å². The molecule has 0 saturated heterocycles. The van der Waals surface area contributed by atoms with E-state index >= 15 is 0 Å². The molecule has 3 aromatic rings. The van der Waals surface area contributed by atoms with Gasteiger partial charge in [-0.1, -0.05) is 30.3 Å². The number of carbonyl (C=O) groups is 1. The van der Waals surface area contributed by atoms with Gasteiger partial charge < -0.3 is 10.3 Å². The average molecular weight is 316 g/mol. The topological polar surface area (TPSA) is 81.6 Å². The third-order valence-corrected chi connectivity index (χ3v) is 3.80. The summed E-state index contributed by atoms with van der Waals surface area (Å²) < 4.78 is 0. The van der Waals surface area contributed by atoms with Crippen LogP contribution in [0.4, 0.5) is 0 Å². The lowest BCUT2D eigenvalue weighted by molar-refractivity contribution is -0.117. The minimum atomic E-state index is -0.396. The molecule has 2 N–H and O–H groups in total. The lowest BCUT2D eigenvalue weighted by atomic mass is 10.1. The molecule has 118 valence electrons. The van der Waals surface area contributed by atoms with E-state index in [-0.39, 0.29) is 11.6 Å². The molecule has 1 atom stereocenters. The highest BCUT2D eigenvalue weighted by molar-refractivity contribution is 6.03. The van der Waals surface area contributed by atoms with E-state index in [1.54, 1.807) is 18.5 Å². The number of aromatic amines is 1. The number of rotatable bonds is 4. The molecule has 5 heteroatoms. The van der Waals surface area contributed by atoms with Crippen molar-refractivity contribution in [1.82, 2.24) is 15.3 Å². The maximum absolute atomic E-state index is 12.4. The fraction of sp³-hybridized carbons (Fsp3) is 0.105. The molecule has 0 unspecified atom stereocenters. The zero-order valence-corrected chi connectivity index (χ0v) is 13.2. The zero-order valence-electron chi connectivity index (χ0n) is 13.2. The average Bonchev–Trinajstić information content (AvgIpc) is 3.03. The summed E-state index contributed by atoms with van der Waals surface area (Å²) in [5.41, 5.74) is 2.53. The minimum Gasteiger partial charge on any atom is -0.346 e. The van der Waals surface area contributed by atoms with Crippen LogP contribution < -0.4 is 5.32 Å². The highest BCUT2D eigenvalue weighted by Crippen LogP contribution is 2.19. The van der Waals surface area contributed by atoms with E-state index in [1.807, 2.05) is 55.5 Å². The second-order valence-corrected chi connectivity index (χ2v) is 5.42. The van der Waals surface area contributed by atoms with Crippen LogP contribution in [0.2, 0.25) is 0 Å². The van der Waals surface area contributed by atoms with Gasteiger partial charge in [0, 0.05) is 23.3 Å². The number of hydrogen-bond acceptors (Lipinski definition) is 3. The lowest BCUT2D eigenvalue weighted by Gasteiger charge is -2.13. The molecule has 24 heavy (non-hydrogen) atoms. The van der Waals surface area contributed by atoms with Crippen LogP contribution in [0.15, 0.2) is 60.4 Å². The summed E-state index contributed by atoms with van der Waals surface area (Å²) in [6.45, 7) is 1.89. The van der Waals surface area contributed by atoms with E-state index in [1.165, 1.54) is 0 Å². The van der Waals surface area contributed by atoms with Gasteiger partial charge in [0.2, 0.25) is 0 Å². The molecule has 0 aliphatic rings. The number of fused-ring (bicyclic) bond motifs is 1. The third kappa shape index (κ3) is 3.18. The Kier molecular flexibility index (Phi) is 4.39. The summed E-state index contributed by atoms with van der Waals surface area (Å²) in [5.74, 6) is -0.396. The van der Waals surface area contributed by atoms with Crippen molar-refractivity contribution in [2.24, 2.45) is 0 Å². The van der Waals surface area contributed by atoms with Crippen molar-refractivity contribution < 1.29 is 4.79 Å². The van der Waals surface area contributed by atoms with Gasteiger partial charge in [0.15, 0.2) is 0 Å². The van der Waals surface area contributed by atoms with Crippen LogP contribution in [0, 0.1) is 11.3 Å². The maximum atomic E-state index is 12.4. The fourth-order valence-electron chi connectivity index (χ4n) is 2.50. The molecule has 0 saturated carbocycles. The van der Waals surface area contributed by atoms with Crippen LogP contribution in [0.1, 0.15) is 24.1 Å². The van der Waals surface area contributed by atoms with Crippen molar-refractivity contribution in [3.63, 3.8) is 0 Å². The van der Waals surface area contributed by atoms with Crippen LogP contribution in [0.5, 0.6) is 0 Å². The van der Waals surface area contributed by atoms with Gasteiger partial charge >= 0.3 is 0 Å². The van der Waals surface area contributed by atoms with Crippen molar-refractivity contribution in [2.45, 2.75) is 13.0 Å². The molecule has 0 aliphatic heterocycles. The van der Waals surface area contributed by atoms with Gasteiger partial charge in [0.25, 0.3) is 5.91 Å². The molecule has 0 bridgehead atoms. The first kappa shape index (κ1) is 15.5. The Morgan fingerprint density at radius 2 is 2.08 bits per heavy atom. The number of benzene rings is 1. The van der Waals surface area contributed by atoms with Crippen LogP contribution in [0.3, 0.4) is 0 Å². The number of nitrogens with zero attached hydrogens (tertiary/aromatic N) is 2. The van der Waals surface area contributed by atoms with E-state index in [9.17, 15) is 10.1 Å². The van der Waals surface area contributed by atoms with E-state index in [0.29, 0.717) is 0 Å². The Morgan fingerprint density at radius 3 is 2.83 bits per heavy atom. The van der Waals surface area contributed by atoms with Gasteiger partial charge in [-0.2, -0.15) is 5.26 Å². The predicted octanol–water partition coefficient (Wildman–Crippen LogP) is 3.35. The number of amides is 1. The van der Waals surface area contributed by atoms with E-state index in [2.05, 4.69) is 15.3 Å². The standard InChI is InChI=1S/C19H16N4O/c1-13(14-6-3-2-4-7-14)23-19(24)15(11-20)10-16-12-22-18-17(16)8-5-9-21-18/h2-10,12-13H,1H3,(H,21,22)(H,23,24)/b15-10+/t13-/m1/s1. The minimum absolute atomic E-state index is 0.0579. The molecule has 2 heterocycles. The molecule has 0 aliphatic carbocycles. The Hall–Kier alpha value is -3.39. The lowest BCUT2D eigenvalue weighted by Crippen LogP contribution is -2.27. The molecule has 0 radical (unpaired) electrons. The summed E-state index contributed by atoms with van der Waals surface area (Å²) in [7, 11) is 0. The van der Waals surface area contributed by atoms with Gasteiger partial charge in [-0.3, -0.25) is 4.79 Å². The normalized spacial score (nSPS) is 12.6. The van der Waals surface area contributed by atoms with Crippen molar-refractivity contribution in [1.29, 1.82) is 5.26 Å². The van der Waals surface area contributed by atoms with Gasteiger partial charge in [0.1, 0.15) is 17.3 Å². The number of carbonyl (C=O) groups excluding carboxylic acids is 1. The molecule has 2 aromatic heterocycles. The number of nitrogens with one attached hydrogen (secondary N) is 2. The Labute approximate surface area is 139 Å². The van der Waals surface area contributed by atoms with E-state index < -0.39 is 5.91 Å². The first-order chi connectivity index (χ1) is 11.7. The first-order valence-corrected chi connectivity index (χ1v) is 7.58. The quantitative estimate of drug-likeness (QED) is 0.572. The second kappa shape index (κ2) is 6.80. The summed E-state index contributed by atoms with van der Waals surface area (Å²) >= 11 is 0. The smallest absolute Gasteiger partial charge is 0.262 e. The molecule has 1 amide bonds. The summed E-state index contributed by atoms with van der Waals surface area (Å²) in [4.78, 5) is 19.6. The van der Waals surface area contributed by atoms with Crippen LogP contribution in [-0.2, 0) is 4.79 Å². The van der Waals surface area contributed by atoms with Gasteiger partial charge in [-0.15, -0.1) is 0 Å². The second-order valence-electron chi connectivity index (χ2n) is 5.42. The maximum Gasteiger partial charge on any atom is 0.262 e. The Balaban J connectivity index is 1.83. The molecular weight excluding hydrogens is 300 g/mol. The highest BCUT2D eigenvalue weighted by atomic mass is 16.1. The number of hydrogen-bond donors (Lipinski definition) is 2. The Bertz CT molecular complexity index is 935. The number of pyridine rings is 1. The predicted molar refractivity (Wildman–Crippen MR) is 92.7 cm³/mol. The number of H-pyrrole nitrogens is 1. The Morgan fingerprint density at radius 1 is 1.29 bits per heavy atom. The van der Waals surface area contributed by atoms with E-state index in [4.69, 9.17) is 0 Å². The van der Waals surface area contributed by atoms with Crippen molar-refractivity contribution in [3.05, 3.63) is 71.6 Å². The largest absolute Gasteiger partial charge is 0.346 e. The molecule has 3 rings (SSSR count). The summed E-state index contributed by atoms with van der Waals surface area (Å²) in [5, 5.41) is 13.1. The fourth-order valence-corrected chi connectivity index (χ4v) is 2.50. The van der Waals surface area contributed by atoms with Gasteiger partial charge in [-0.25, -0.2) is 4.98 Å². The molecule has 1 aromatic carbocycles. The van der Waals surface area contributed by atoms with Crippen molar-refractivity contribution in [3.8, 4) is 6.07 Å². The van der Waals surface area contributed by atoms with Crippen molar-refractivity contribution >= 4 is 23.0 Å². The van der Waals surface area contributed by atoms with Gasteiger partial charge in [-0.05, 0) is 30.7 Å². The molecule has 0 fully saturated rings. The van der Waals surface area contributed by atoms with E-state index in [0.717, 1.165) is 22.2 Å². The van der Waals surface area contributed by atoms with Crippen LogP contribution in [0.25, 0.3) is 17.1 Å². The SMILES string of the molecule is C[C@@H](NC(=O)/C(C#N)=C/c1c[nH]c2ncccc12)c1ccccc1. The monoisotopic (exact) mass is 316 g/mol.